The number of rotatable bonds is 3. The van der Waals surface area contributed by atoms with E-state index in [1.807, 2.05) is 42.5 Å². The summed E-state index contributed by atoms with van der Waals surface area (Å²) in [6, 6.07) is 20.2. The summed E-state index contributed by atoms with van der Waals surface area (Å²) in [5, 5.41) is 15.0. The molecule has 3 aromatic rings. The third-order valence-electron chi connectivity index (χ3n) is 3.63. The predicted octanol–water partition coefficient (Wildman–Crippen LogP) is 5.69. The van der Waals surface area contributed by atoms with Crippen LogP contribution in [-0.4, -0.2) is 5.91 Å². The van der Waals surface area contributed by atoms with Crippen LogP contribution in [0.2, 0.25) is 10.0 Å². The molecule has 0 fully saturated rings. The monoisotopic (exact) mass is 366 g/mol. The predicted molar refractivity (Wildman–Crippen MR) is 103 cm³/mol. The zero-order chi connectivity index (χ0) is 17.8. The van der Waals surface area contributed by atoms with Crippen LogP contribution < -0.4 is 5.32 Å². The van der Waals surface area contributed by atoms with E-state index in [9.17, 15) is 10.1 Å². The van der Waals surface area contributed by atoms with Gasteiger partial charge in [0.1, 0.15) is 11.6 Å². The number of nitriles is 1. The first-order valence-electron chi connectivity index (χ1n) is 7.44. The third kappa shape index (κ3) is 4.00. The normalized spacial score (nSPS) is 11.2. The SMILES string of the molecule is N#C/C(=C/c1ccc(Cl)cc1Cl)C(=O)Nc1ccc2ccccc2c1. The highest BCUT2D eigenvalue weighted by Crippen LogP contribution is 2.24. The Morgan fingerprint density at radius 1 is 1.00 bits per heavy atom. The van der Waals surface area contributed by atoms with Crippen LogP contribution in [0, 0.1) is 11.3 Å². The lowest BCUT2D eigenvalue weighted by molar-refractivity contribution is -0.112. The molecule has 0 saturated heterocycles. The first-order chi connectivity index (χ1) is 12.1. The van der Waals surface area contributed by atoms with Crippen molar-refractivity contribution >= 4 is 51.6 Å². The second-order valence-electron chi connectivity index (χ2n) is 5.35. The summed E-state index contributed by atoms with van der Waals surface area (Å²) < 4.78 is 0. The van der Waals surface area contributed by atoms with Crippen LogP contribution in [0.25, 0.3) is 16.8 Å². The molecule has 0 spiro atoms. The van der Waals surface area contributed by atoms with E-state index in [2.05, 4.69) is 5.32 Å². The molecule has 0 aromatic heterocycles. The molecule has 0 aliphatic rings. The molecular weight excluding hydrogens is 355 g/mol. The molecule has 5 heteroatoms. The highest BCUT2D eigenvalue weighted by atomic mass is 35.5. The minimum Gasteiger partial charge on any atom is -0.321 e. The number of hydrogen-bond donors (Lipinski definition) is 1. The van der Waals surface area contributed by atoms with Crippen molar-refractivity contribution in [1.29, 1.82) is 5.26 Å². The topological polar surface area (TPSA) is 52.9 Å². The van der Waals surface area contributed by atoms with Crippen LogP contribution in [0.5, 0.6) is 0 Å². The van der Waals surface area contributed by atoms with Crippen LogP contribution in [0.4, 0.5) is 5.69 Å². The molecule has 0 aliphatic carbocycles. The Morgan fingerprint density at radius 2 is 1.76 bits per heavy atom. The Morgan fingerprint density at radius 3 is 2.48 bits per heavy atom. The standard InChI is InChI=1S/C20H12Cl2N2O/c21-17-7-5-15(19(22)11-17)9-16(12-23)20(25)24-18-8-6-13-3-1-2-4-14(13)10-18/h1-11H,(H,24,25)/b16-9-. The molecule has 3 rings (SSSR count). The summed E-state index contributed by atoms with van der Waals surface area (Å²) in [5.41, 5.74) is 1.13. The van der Waals surface area contributed by atoms with Crippen molar-refractivity contribution < 1.29 is 4.79 Å². The number of anilines is 1. The second kappa shape index (κ2) is 7.40. The van der Waals surface area contributed by atoms with E-state index in [0.29, 0.717) is 21.3 Å². The number of carbonyl (C=O) groups excluding carboxylic acids is 1. The molecule has 0 saturated carbocycles. The molecule has 0 atom stereocenters. The fourth-order valence-corrected chi connectivity index (χ4v) is 2.85. The maximum atomic E-state index is 12.4. The number of amides is 1. The van der Waals surface area contributed by atoms with Gasteiger partial charge in [0.2, 0.25) is 0 Å². The molecule has 3 nitrogen and oxygen atoms in total. The Hall–Kier alpha value is -2.80. The van der Waals surface area contributed by atoms with Crippen molar-refractivity contribution in [2.75, 3.05) is 5.32 Å². The van der Waals surface area contributed by atoms with Gasteiger partial charge in [-0.25, -0.2) is 0 Å². The number of halogens is 2. The molecule has 3 aromatic carbocycles. The maximum Gasteiger partial charge on any atom is 0.266 e. The van der Waals surface area contributed by atoms with E-state index in [1.165, 1.54) is 6.08 Å². The quantitative estimate of drug-likeness (QED) is 0.477. The van der Waals surface area contributed by atoms with Gasteiger partial charge in [-0.2, -0.15) is 5.26 Å². The first kappa shape index (κ1) is 17.0. The van der Waals surface area contributed by atoms with Crippen LogP contribution in [0.1, 0.15) is 5.56 Å². The van der Waals surface area contributed by atoms with Crippen molar-refractivity contribution in [3.8, 4) is 6.07 Å². The number of carbonyl (C=O) groups is 1. The summed E-state index contributed by atoms with van der Waals surface area (Å²) in [4.78, 5) is 12.4. The summed E-state index contributed by atoms with van der Waals surface area (Å²) >= 11 is 11.9. The number of fused-ring (bicyclic) bond motifs is 1. The minimum absolute atomic E-state index is 0.0441. The highest BCUT2D eigenvalue weighted by Gasteiger charge is 2.11. The molecule has 1 amide bonds. The molecular formula is C20H12Cl2N2O. The van der Waals surface area contributed by atoms with Gasteiger partial charge >= 0.3 is 0 Å². The van der Waals surface area contributed by atoms with E-state index in [0.717, 1.165) is 10.8 Å². The lowest BCUT2D eigenvalue weighted by Crippen LogP contribution is -2.13. The van der Waals surface area contributed by atoms with Gasteiger partial charge in [-0.3, -0.25) is 4.79 Å². The van der Waals surface area contributed by atoms with Crippen molar-refractivity contribution in [2.24, 2.45) is 0 Å². The molecule has 122 valence electrons. The van der Waals surface area contributed by atoms with E-state index < -0.39 is 5.91 Å². The highest BCUT2D eigenvalue weighted by molar-refractivity contribution is 6.35. The number of nitrogens with zero attached hydrogens (tertiary/aromatic N) is 1. The molecule has 0 bridgehead atoms. The number of hydrogen-bond acceptors (Lipinski definition) is 2. The van der Waals surface area contributed by atoms with Gasteiger partial charge < -0.3 is 5.32 Å². The van der Waals surface area contributed by atoms with Crippen LogP contribution in [0.15, 0.2) is 66.2 Å². The van der Waals surface area contributed by atoms with E-state index >= 15 is 0 Å². The van der Waals surface area contributed by atoms with Gasteiger partial charge in [-0.15, -0.1) is 0 Å². The third-order valence-corrected chi connectivity index (χ3v) is 4.20. The summed E-state index contributed by atoms with van der Waals surface area (Å²) in [5.74, 6) is -0.496. The van der Waals surface area contributed by atoms with Crippen LogP contribution >= 0.6 is 23.2 Å². The molecule has 0 unspecified atom stereocenters. The minimum atomic E-state index is -0.496. The zero-order valence-corrected chi connectivity index (χ0v) is 14.5. The van der Waals surface area contributed by atoms with Gasteiger partial charge in [0.15, 0.2) is 0 Å². The summed E-state index contributed by atoms with van der Waals surface area (Å²) in [6.07, 6.45) is 1.44. The molecule has 1 N–H and O–H groups in total. The van der Waals surface area contributed by atoms with E-state index in [1.54, 1.807) is 24.3 Å². The van der Waals surface area contributed by atoms with Crippen molar-refractivity contribution in [1.82, 2.24) is 0 Å². The van der Waals surface area contributed by atoms with Crippen molar-refractivity contribution in [3.63, 3.8) is 0 Å². The summed E-state index contributed by atoms with van der Waals surface area (Å²) in [7, 11) is 0. The van der Waals surface area contributed by atoms with E-state index in [4.69, 9.17) is 23.2 Å². The molecule has 25 heavy (non-hydrogen) atoms. The van der Waals surface area contributed by atoms with Gasteiger partial charge in [-0.1, -0.05) is 59.6 Å². The maximum absolute atomic E-state index is 12.4. The van der Waals surface area contributed by atoms with Crippen LogP contribution in [-0.2, 0) is 4.79 Å². The van der Waals surface area contributed by atoms with Gasteiger partial charge in [0, 0.05) is 15.7 Å². The van der Waals surface area contributed by atoms with Gasteiger partial charge in [0.25, 0.3) is 5.91 Å². The lowest BCUT2D eigenvalue weighted by atomic mass is 10.1. The molecule has 0 heterocycles. The first-order valence-corrected chi connectivity index (χ1v) is 8.19. The Balaban J connectivity index is 1.86. The average molecular weight is 367 g/mol. The van der Waals surface area contributed by atoms with Gasteiger partial charge in [-0.05, 0) is 46.7 Å². The Kier molecular flexibility index (Phi) is 5.04. The fraction of sp³-hybridized carbons (Fsp3) is 0. The fourth-order valence-electron chi connectivity index (χ4n) is 2.39. The number of benzene rings is 3. The van der Waals surface area contributed by atoms with Crippen molar-refractivity contribution in [2.45, 2.75) is 0 Å². The zero-order valence-electron chi connectivity index (χ0n) is 13.0. The summed E-state index contributed by atoms with van der Waals surface area (Å²) in [6.45, 7) is 0. The molecule has 0 aliphatic heterocycles. The Bertz CT molecular complexity index is 1040. The lowest BCUT2D eigenvalue weighted by Gasteiger charge is -2.06. The van der Waals surface area contributed by atoms with Crippen LogP contribution in [0.3, 0.4) is 0 Å². The van der Waals surface area contributed by atoms with Gasteiger partial charge in [0.05, 0.1) is 0 Å². The largest absolute Gasteiger partial charge is 0.321 e. The molecule has 0 radical (unpaired) electrons. The number of nitrogens with one attached hydrogen (secondary N) is 1. The Labute approximate surface area is 155 Å². The smallest absolute Gasteiger partial charge is 0.266 e. The van der Waals surface area contributed by atoms with E-state index in [-0.39, 0.29) is 5.57 Å². The van der Waals surface area contributed by atoms with Crippen molar-refractivity contribution in [3.05, 3.63) is 81.8 Å². The second-order valence-corrected chi connectivity index (χ2v) is 6.20. The average Bonchev–Trinajstić information content (AvgIpc) is 2.61.